The number of nitrogens with two attached hydrogens (primary N) is 1. The summed E-state index contributed by atoms with van der Waals surface area (Å²) in [6, 6.07) is 1.54. The van der Waals surface area contributed by atoms with E-state index in [0.29, 0.717) is 16.5 Å². The van der Waals surface area contributed by atoms with Gasteiger partial charge in [-0.15, -0.1) is 0 Å². The largest absolute Gasteiger partial charge is 0.397 e. The molecule has 1 rings (SSSR count). The molecule has 0 aliphatic carbocycles. The van der Waals surface area contributed by atoms with Crippen LogP contribution in [0.1, 0.15) is 6.92 Å². The normalized spacial score (nSPS) is 12.5. The molecule has 1 aromatic heterocycles. The summed E-state index contributed by atoms with van der Waals surface area (Å²) in [4.78, 5) is 3.99. The molecule has 72 valence electrons. The summed E-state index contributed by atoms with van der Waals surface area (Å²) in [6.07, 6.45) is 1.51. The summed E-state index contributed by atoms with van der Waals surface area (Å²) in [6.45, 7) is 1.86. The summed E-state index contributed by atoms with van der Waals surface area (Å²) in [7, 11) is 0. The molecule has 0 spiro atoms. The van der Waals surface area contributed by atoms with E-state index in [1.165, 1.54) is 6.20 Å². The molecule has 0 aliphatic heterocycles. The van der Waals surface area contributed by atoms with Crippen LogP contribution in [0.5, 0.6) is 0 Å². The zero-order chi connectivity index (χ0) is 9.84. The third-order valence-electron chi connectivity index (χ3n) is 1.52. The van der Waals surface area contributed by atoms with Crippen LogP contribution in [-0.4, -0.2) is 22.7 Å². The van der Waals surface area contributed by atoms with E-state index in [0.717, 1.165) is 0 Å². The molecule has 0 saturated heterocycles. The number of aromatic nitrogens is 1. The van der Waals surface area contributed by atoms with Crippen molar-refractivity contribution in [1.29, 1.82) is 0 Å². The molecular weight excluding hydrogens is 190 g/mol. The lowest BCUT2D eigenvalue weighted by Crippen LogP contribution is -2.20. The molecule has 13 heavy (non-hydrogen) atoms. The topological polar surface area (TPSA) is 71.2 Å². The molecule has 0 fully saturated rings. The Hall–Kier alpha value is -1.00. The van der Waals surface area contributed by atoms with E-state index in [9.17, 15) is 0 Å². The third kappa shape index (κ3) is 2.75. The lowest BCUT2D eigenvalue weighted by atomic mass is 10.3. The number of rotatable bonds is 3. The van der Waals surface area contributed by atoms with Crippen molar-refractivity contribution in [2.24, 2.45) is 0 Å². The van der Waals surface area contributed by atoms with Crippen molar-refractivity contribution >= 4 is 23.1 Å². The SMILES string of the molecule is CC(CO)Nc1ncc(N)cc1Cl. The standard InChI is InChI=1S/C8H12ClN3O/c1-5(4-13)12-8-7(9)2-6(10)3-11-8/h2-3,5,13H,4,10H2,1H3,(H,11,12). The number of halogens is 1. The van der Waals surface area contributed by atoms with Crippen molar-refractivity contribution in [3.05, 3.63) is 17.3 Å². The van der Waals surface area contributed by atoms with Crippen LogP contribution in [-0.2, 0) is 0 Å². The maximum absolute atomic E-state index is 8.78. The molecular formula is C8H12ClN3O. The summed E-state index contributed by atoms with van der Waals surface area (Å²) >= 11 is 5.84. The van der Waals surface area contributed by atoms with Gasteiger partial charge in [-0.2, -0.15) is 0 Å². The van der Waals surface area contributed by atoms with Crippen molar-refractivity contribution in [2.45, 2.75) is 13.0 Å². The van der Waals surface area contributed by atoms with Gasteiger partial charge in [0.15, 0.2) is 0 Å². The summed E-state index contributed by atoms with van der Waals surface area (Å²) in [5.41, 5.74) is 5.99. The van der Waals surface area contributed by atoms with Gasteiger partial charge in [-0.05, 0) is 13.0 Å². The summed E-state index contributed by atoms with van der Waals surface area (Å²) in [5, 5.41) is 12.2. The number of nitrogen functional groups attached to an aromatic ring is 1. The Morgan fingerprint density at radius 3 is 3.00 bits per heavy atom. The lowest BCUT2D eigenvalue weighted by molar-refractivity contribution is 0.281. The fourth-order valence-corrected chi connectivity index (χ4v) is 1.07. The molecule has 0 radical (unpaired) electrons. The van der Waals surface area contributed by atoms with E-state index in [4.69, 9.17) is 22.4 Å². The van der Waals surface area contributed by atoms with Crippen LogP contribution in [0.25, 0.3) is 0 Å². The number of hydrogen-bond acceptors (Lipinski definition) is 4. The molecule has 0 amide bonds. The molecule has 1 unspecified atom stereocenters. The summed E-state index contributed by atoms with van der Waals surface area (Å²) < 4.78 is 0. The van der Waals surface area contributed by atoms with Crippen LogP contribution in [0.15, 0.2) is 12.3 Å². The zero-order valence-electron chi connectivity index (χ0n) is 7.29. The summed E-state index contributed by atoms with van der Waals surface area (Å²) in [5.74, 6) is 0.539. The smallest absolute Gasteiger partial charge is 0.145 e. The number of nitrogens with one attached hydrogen (secondary N) is 1. The molecule has 0 aliphatic rings. The first-order chi connectivity index (χ1) is 6.13. The van der Waals surface area contributed by atoms with Crippen molar-refractivity contribution in [1.82, 2.24) is 4.98 Å². The van der Waals surface area contributed by atoms with Crippen molar-refractivity contribution < 1.29 is 5.11 Å². The van der Waals surface area contributed by atoms with Crippen LogP contribution in [0.4, 0.5) is 11.5 Å². The number of aliphatic hydroxyl groups excluding tert-OH is 1. The Kier molecular flexibility index (Phi) is 3.33. The number of anilines is 2. The predicted molar refractivity (Wildman–Crippen MR) is 53.8 cm³/mol. The number of pyridine rings is 1. The van der Waals surface area contributed by atoms with Gasteiger partial charge in [0, 0.05) is 6.04 Å². The van der Waals surface area contributed by atoms with Crippen molar-refractivity contribution in [2.75, 3.05) is 17.7 Å². The highest BCUT2D eigenvalue weighted by molar-refractivity contribution is 6.33. The van der Waals surface area contributed by atoms with Crippen LogP contribution in [0.3, 0.4) is 0 Å². The molecule has 0 bridgehead atoms. The van der Waals surface area contributed by atoms with Gasteiger partial charge in [0.1, 0.15) is 5.82 Å². The van der Waals surface area contributed by atoms with Crippen molar-refractivity contribution in [3.63, 3.8) is 0 Å². The quantitative estimate of drug-likeness (QED) is 0.685. The zero-order valence-corrected chi connectivity index (χ0v) is 8.04. The van der Waals surface area contributed by atoms with Crippen LogP contribution in [0.2, 0.25) is 5.02 Å². The third-order valence-corrected chi connectivity index (χ3v) is 1.81. The second-order valence-electron chi connectivity index (χ2n) is 2.83. The molecule has 0 saturated carbocycles. The number of aliphatic hydroxyl groups is 1. The highest BCUT2D eigenvalue weighted by atomic mass is 35.5. The maximum Gasteiger partial charge on any atom is 0.145 e. The Morgan fingerprint density at radius 2 is 2.46 bits per heavy atom. The number of hydrogen-bond donors (Lipinski definition) is 3. The van der Waals surface area contributed by atoms with E-state index >= 15 is 0 Å². The van der Waals surface area contributed by atoms with E-state index in [1.54, 1.807) is 6.07 Å². The van der Waals surface area contributed by atoms with Gasteiger partial charge in [-0.1, -0.05) is 11.6 Å². The van der Waals surface area contributed by atoms with Gasteiger partial charge in [0.2, 0.25) is 0 Å². The van der Waals surface area contributed by atoms with E-state index < -0.39 is 0 Å². The predicted octanol–water partition coefficient (Wildman–Crippen LogP) is 1.11. The van der Waals surface area contributed by atoms with Crippen LogP contribution in [0, 0.1) is 0 Å². The lowest BCUT2D eigenvalue weighted by Gasteiger charge is -2.12. The first-order valence-electron chi connectivity index (χ1n) is 3.92. The van der Waals surface area contributed by atoms with Gasteiger partial charge >= 0.3 is 0 Å². The Bertz CT molecular complexity index is 293. The molecule has 0 aromatic carbocycles. The van der Waals surface area contributed by atoms with Gasteiger partial charge in [0.05, 0.1) is 23.5 Å². The molecule has 1 atom stereocenters. The maximum atomic E-state index is 8.78. The van der Waals surface area contributed by atoms with Crippen molar-refractivity contribution in [3.8, 4) is 0 Å². The molecule has 5 heteroatoms. The second kappa shape index (κ2) is 4.30. The minimum Gasteiger partial charge on any atom is -0.397 e. The Morgan fingerprint density at radius 1 is 1.77 bits per heavy atom. The van der Waals surface area contributed by atoms with Gasteiger partial charge < -0.3 is 16.2 Å². The van der Waals surface area contributed by atoms with E-state index in [2.05, 4.69) is 10.3 Å². The van der Waals surface area contributed by atoms with Gasteiger partial charge in [-0.25, -0.2) is 4.98 Å². The second-order valence-corrected chi connectivity index (χ2v) is 3.23. The van der Waals surface area contributed by atoms with E-state index in [1.807, 2.05) is 6.92 Å². The fraction of sp³-hybridized carbons (Fsp3) is 0.375. The average Bonchev–Trinajstić information content (AvgIpc) is 2.09. The molecule has 4 nitrogen and oxygen atoms in total. The average molecular weight is 202 g/mol. The minimum absolute atomic E-state index is 0.0301. The molecule has 1 aromatic rings. The highest BCUT2D eigenvalue weighted by Crippen LogP contribution is 2.21. The van der Waals surface area contributed by atoms with Crippen LogP contribution < -0.4 is 11.1 Å². The number of nitrogens with zero attached hydrogens (tertiary/aromatic N) is 1. The monoisotopic (exact) mass is 201 g/mol. The Balaban J connectivity index is 2.77. The first kappa shape index (κ1) is 10.1. The fourth-order valence-electron chi connectivity index (χ4n) is 0.838. The Labute approximate surface area is 81.7 Å². The molecule has 4 N–H and O–H groups in total. The van der Waals surface area contributed by atoms with Crippen LogP contribution >= 0.6 is 11.6 Å². The van der Waals surface area contributed by atoms with E-state index in [-0.39, 0.29) is 12.6 Å². The van der Waals surface area contributed by atoms with Gasteiger partial charge in [0.25, 0.3) is 0 Å². The molecule has 1 heterocycles. The first-order valence-corrected chi connectivity index (χ1v) is 4.29. The highest BCUT2D eigenvalue weighted by Gasteiger charge is 2.05. The minimum atomic E-state index is -0.0753. The van der Waals surface area contributed by atoms with Gasteiger partial charge in [-0.3, -0.25) is 0 Å².